The average Bonchev–Trinajstić information content (AvgIpc) is 3.22. The average molecular weight is 421 g/mol. The van der Waals surface area contributed by atoms with Gasteiger partial charge in [0.15, 0.2) is 0 Å². The maximum atomic E-state index is 13.5. The maximum Gasteiger partial charge on any atom is 0.226 e. The van der Waals surface area contributed by atoms with Crippen LogP contribution in [0.15, 0.2) is 72.9 Å². The summed E-state index contributed by atoms with van der Waals surface area (Å²) in [4.78, 5) is 15.5. The molecule has 0 bridgehead atoms. The number of rotatable bonds is 11. The largest absolute Gasteiger partial charge is 0.345 e. The zero-order valence-electron chi connectivity index (χ0n) is 18.6. The Hall–Kier alpha value is -2.88. The van der Waals surface area contributed by atoms with Crippen LogP contribution in [-0.2, 0) is 24.4 Å². The van der Waals surface area contributed by atoms with Crippen LogP contribution in [0.3, 0.4) is 0 Å². The molecule has 0 aliphatic rings. The summed E-state index contributed by atoms with van der Waals surface area (Å²) in [5, 5.41) is 0. The van der Waals surface area contributed by atoms with Crippen molar-refractivity contribution in [1.29, 1.82) is 0 Å². The first-order chi connectivity index (χ1) is 15.1. The summed E-state index contributed by atoms with van der Waals surface area (Å²) < 4.78 is 15.4. The number of nitrogens with zero attached hydrogens (tertiary/aromatic N) is 2. The zero-order chi connectivity index (χ0) is 22.1. The fraction of sp³-hybridized carbons (Fsp3) is 0.370. The van der Waals surface area contributed by atoms with Gasteiger partial charge in [0.2, 0.25) is 5.91 Å². The lowest BCUT2D eigenvalue weighted by atomic mass is 9.97. The van der Waals surface area contributed by atoms with Crippen molar-refractivity contribution in [2.75, 3.05) is 0 Å². The van der Waals surface area contributed by atoms with E-state index in [2.05, 4.69) is 36.6 Å². The molecule has 0 fully saturated rings. The normalized spacial score (nSPS) is 12.0. The molecule has 2 aromatic carbocycles. The number of amides is 1. The van der Waals surface area contributed by atoms with E-state index < -0.39 is 0 Å². The number of aromatic nitrogens is 1. The van der Waals surface area contributed by atoms with Crippen LogP contribution in [0.4, 0.5) is 4.39 Å². The highest BCUT2D eigenvalue weighted by Gasteiger charge is 2.23. The molecule has 3 rings (SSSR count). The van der Waals surface area contributed by atoms with Gasteiger partial charge in [0, 0.05) is 30.9 Å². The Labute approximate surface area is 185 Å². The van der Waals surface area contributed by atoms with E-state index in [9.17, 15) is 9.18 Å². The fourth-order valence-corrected chi connectivity index (χ4v) is 3.96. The number of halogens is 1. The lowest BCUT2D eigenvalue weighted by Gasteiger charge is -2.28. The lowest BCUT2D eigenvalue weighted by molar-refractivity contribution is -0.137. The van der Waals surface area contributed by atoms with Crippen molar-refractivity contribution < 1.29 is 9.18 Å². The molecule has 31 heavy (non-hydrogen) atoms. The number of carbonyl (C=O) groups excluding carboxylic acids is 1. The van der Waals surface area contributed by atoms with E-state index in [1.54, 1.807) is 0 Å². The molecule has 1 heterocycles. The minimum atomic E-state index is -0.228. The van der Waals surface area contributed by atoms with E-state index in [1.807, 2.05) is 47.5 Å². The van der Waals surface area contributed by atoms with Gasteiger partial charge in [-0.2, -0.15) is 0 Å². The molecular formula is C27H33FN2O. The summed E-state index contributed by atoms with van der Waals surface area (Å²) >= 11 is 0. The van der Waals surface area contributed by atoms with Crippen LogP contribution < -0.4 is 0 Å². The first-order valence-corrected chi connectivity index (χ1v) is 11.3. The van der Waals surface area contributed by atoms with Gasteiger partial charge >= 0.3 is 0 Å². The van der Waals surface area contributed by atoms with Crippen molar-refractivity contribution in [2.24, 2.45) is 5.92 Å². The summed E-state index contributed by atoms with van der Waals surface area (Å²) in [5.74, 6) is 0.0623. The molecular weight excluding hydrogens is 387 g/mol. The molecule has 0 aliphatic carbocycles. The molecule has 0 N–H and O–H groups in total. The molecule has 164 valence electrons. The molecule has 1 unspecified atom stereocenters. The van der Waals surface area contributed by atoms with E-state index in [1.165, 1.54) is 12.1 Å². The van der Waals surface area contributed by atoms with E-state index in [0.717, 1.165) is 42.5 Å². The fourth-order valence-electron chi connectivity index (χ4n) is 3.96. The molecule has 1 aromatic heterocycles. The van der Waals surface area contributed by atoms with Crippen molar-refractivity contribution in [1.82, 2.24) is 9.47 Å². The predicted molar refractivity (Wildman–Crippen MR) is 124 cm³/mol. The highest BCUT2D eigenvalue weighted by atomic mass is 19.1. The van der Waals surface area contributed by atoms with Gasteiger partial charge in [-0.25, -0.2) is 4.39 Å². The van der Waals surface area contributed by atoms with Crippen LogP contribution in [0, 0.1) is 11.7 Å². The van der Waals surface area contributed by atoms with Crippen molar-refractivity contribution in [3.8, 4) is 0 Å². The van der Waals surface area contributed by atoms with Crippen LogP contribution in [0.1, 0.15) is 56.4 Å². The number of benzene rings is 2. The van der Waals surface area contributed by atoms with Gasteiger partial charge in [0.05, 0.1) is 6.54 Å². The van der Waals surface area contributed by atoms with Crippen molar-refractivity contribution in [2.45, 2.75) is 59.2 Å². The monoisotopic (exact) mass is 420 g/mol. The number of hydrogen-bond acceptors (Lipinski definition) is 1. The Morgan fingerprint density at radius 1 is 0.935 bits per heavy atom. The highest BCUT2D eigenvalue weighted by Crippen LogP contribution is 2.20. The molecule has 0 radical (unpaired) electrons. The molecule has 4 heteroatoms. The van der Waals surface area contributed by atoms with Crippen molar-refractivity contribution in [3.05, 3.63) is 95.6 Å². The molecule has 0 spiro atoms. The van der Waals surface area contributed by atoms with Crippen LogP contribution in [-0.4, -0.2) is 15.4 Å². The summed E-state index contributed by atoms with van der Waals surface area (Å²) in [6.45, 7) is 6.09. The minimum Gasteiger partial charge on any atom is -0.345 e. The second-order valence-electron chi connectivity index (χ2n) is 8.18. The summed E-state index contributed by atoms with van der Waals surface area (Å²) in [6.07, 6.45) is 6.00. The van der Waals surface area contributed by atoms with Gasteiger partial charge in [-0.05, 0) is 48.2 Å². The Bertz CT molecular complexity index is 933. The quantitative estimate of drug-likeness (QED) is 0.351. The minimum absolute atomic E-state index is 0.0594. The van der Waals surface area contributed by atoms with Gasteiger partial charge in [-0.15, -0.1) is 0 Å². The van der Waals surface area contributed by atoms with Gasteiger partial charge in [-0.3, -0.25) is 4.79 Å². The molecule has 1 atom stereocenters. The summed E-state index contributed by atoms with van der Waals surface area (Å²) in [5.41, 5.74) is 3.26. The molecule has 0 aliphatic heterocycles. The summed E-state index contributed by atoms with van der Waals surface area (Å²) in [7, 11) is 0. The second-order valence-corrected chi connectivity index (χ2v) is 8.18. The second kappa shape index (κ2) is 11.5. The van der Waals surface area contributed by atoms with Crippen LogP contribution >= 0.6 is 0 Å². The molecule has 3 nitrogen and oxygen atoms in total. The van der Waals surface area contributed by atoms with Gasteiger partial charge < -0.3 is 9.47 Å². The van der Waals surface area contributed by atoms with Gasteiger partial charge in [-0.1, -0.05) is 69.2 Å². The summed E-state index contributed by atoms with van der Waals surface area (Å²) in [6, 6.07) is 20.9. The van der Waals surface area contributed by atoms with Gasteiger partial charge in [0.1, 0.15) is 5.82 Å². The van der Waals surface area contributed by atoms with Crippen LogP contribution in [0.2, 0.25) is 0 Å². The number of hydrogen-bond donors (Lipinski definition) is 0. The third-order valence-corrected chi connectivity index (χ3v) is 5.82. The van der Waals surface area contributed by atoms with Crippen LogP contribution in [0.5, 0.6) is 0 Å². The zero-order valence-corrected chi connectivity index (χ0v) is 18.6. The third-order valence-electron chi connectivity index (χ3n) is 5.82. The molecule has 0 saturated carbocycles. The van der Waals surface area contributed by atoms with E-state index in [-0.39, 0.29) is 17.6 Å². The molecule has 1 amide bonds. The predicted octanol–water partition coefficient (Wildman–Crippen LogP) is 6.42. The number of unbranched alkanes of at least 4 members (excludes halogenated alkanes) is 1. The molecule has 3 aromatic rings. The Kier molecular flexibility index (Phi) is 8.45. The van der Waals surface area contributed by atoms with E-state index >= 15 is 0 Å². The number of carbonyl (C=O) groups is 1. The molecule has 0 saturated heterocycles. The topological polar surface area (TPSA) is 25.2 Å². The highest BCUT2D eigenvalue weighted by molar-refractivity contribution is 5.78. The Morgan fingerprint density at radius 2 is 1.68 bits per heavy atom. The van der Waals surface area contributed by atoms with E-state index in [0.29, 0.717) is 19.6 Å². The lowest BCUT2D eigenvalue weighted by Crippen LogP contribution is -2.35. The Balaban J connectivity index is 1.80. The van der Waals surface area contributed by atoms with Crippen LogP contribution in [0.25, 0.3) is 0 Å². The SMILES string of the molecule is CCCCC(CC)C(=O)N(Cc1ccccc1)Cc1cccn1Cc1ccc(F)cc1. The first kappa shape index (κ1) is 22.8. The Morgan fingerprint density at radius 3 is 2.35 bits per heavy atom. The standard InChI is InChI=1S/C27H33FN2O/c1-3-5-12-24(4-2)27(31)30(20-22-10-7-6-8-11-22)21-26-13-9-18-29(26)19-23-14-16-25(28)17-15-23/h6-11,13-18,24H,3-5,12,19-21H2,1-2H3. The van der Waals surface area contributed by atoms with Crippen molar-refractivity contribution >= 4 is 5.91 Å². The smallest absolute Gasteiger partial charge is 0.226 e. The van der Waals surface area contributed by atoms with Gasteiger partial charge in [0.25, 0.3) is 0 Å². The van der Waals surface area contributed by atoms with Crippen molar-refractivity contribution in [3.63, 3.8) is 0 Å². The van der Waals surface area contributed by atoms with E-state index in [4.69, 9.17) is 0 Å². The first-order valence-electron chi connectivity index (χ1n) is 11.3. The maximum absolute atomic E-state index is 13.5. The third kappa shape index (κ3) is 6.55.